The molecule has 1 atom stereocenters. The Labute approximate surface area is 135 Å². The Balaban J connectivity index is 1.77. The fourth-order valence-electron chi connectivity index (χ4n) is 2.75. The third-order valence-electron chi connectivity index (χ3n) is 3.94. The molecule has 0 saturated carbocycles. The fraction of sp³-hybridized carbons (Fsp3) is 0.353. The van der Waals surface area contributed by atoms with Gasteiger partial charge in [-0.3, -0.25) is 4.79 Å². The molecule has 0 fully saturated rings. The van der Waals surface area contributed by atoms with Gasteiger partial charge in [0.05, 0.1) is 17.1 Å². The molecule has 3 rings (SSSR count). The molecule has 1 aromatic carbocycles. The number of carbonyl (C=O) groups excluding carboxylic acids is 1. The Morgan fingerprint density at radius 3 is 2.83 bits per heavy atom. The highest BCUT2D eigenvalue weighted by atomic mass is 16.2. The van der Waals surface area contributed by atoms with Gasteiger partial charge in [-0.1, -0.05) is 19.1 Å². The number of H-pyrrole nitrogens is 1. The molecule has 2 heterocycles. The van der Waals surface area contributed by atoms with E-state index in [1.165, 1.54) is 0 Å². The van der Waals surface area contributed by atoms with Gasteiger partial charge < -0.3 is 14.9 Å². The van der Waals surface area contributed by atoms with Crippen molar-refractivity contribution >= 4 is 16.9 Å². The van der Waals surface area contributed by atoms with Gasteiger partial charge in [0.1, 0.15) is 18.2 Å². The molecule has 23 heavy (non-hydrogen) atoms. The normalized spacial score (nSPS) is 12.5. The summed E-state index contributed by atoms with van der Waals surface area (Å²) in [5, 5.41) is 3.05. The molecule has 6 heteroatoms. The number of aryl methyl sites for hydroxylation is 2. The zero-order valence-corrected chi connectivity index (χ0v) is 13.6. The minimum absolute atomic E-state index is 0.0443. The highest BCUT2D eigenvalue weighted by molar-refractivity contribution is 5.81. The minimum atomic E-state index is -0.105. The zero-order valence-electron chi connectivity index (χ0n) is 13.6. The summed E-state index contributed by atoms with van der Waals surface area (Å²) in [5.41, 5.74) is 2.87. The van der Waals surface area contributed by atoms with E-state index in [0.29, 0.717) is 0 Å². The smallest absolute Gasteiger partial charge is 0.240 e. The topological polar surface area (TPSA) is 75.6 Å². The lowest BCUT2D eigenvalue weighted by Gasteiger charge is -2.15. The zero-order chi connectivity index (χ0) is 16.4. The van der Waals surface area contributed by atoms with Crippen LogP contribution in [-0.4, -0.2) is 25.4 Å². The van der Waals surface area contributed by atoms with Crippen LogP contribution in [0.4, 0.5) is 0 Å². The van der Waals surface area contributed by atoms with Crippen LogP contribution in [0.25, 0.3) is 11.0 Å². The van der Waals surface area contributed by atoms with Gasteiger partial charge in [0.2, 0.25) is 5.91 Å². The molecule has 0 unspecified atom stereocenters. The number of rotatable bonds is 5. The van der Waals surface area contributed by atoms with Gasteiger partial charge in [-0.15, -0.1) is 0 Å². The average Bonchev–Trinajstić information content (AvgIpc) is 3.09. The number of aromatic amines is 1. The van der Waals surface area contributed by atoms with Crippen LogP contribution in [0.2, 0.25) is 0 Å². The number of amides is 1. The molecule has 0 aliphatic heterocycles. The summed E-state index contributed by atoms with van der Waals surface area (Å²) < 4.78 is 1.94. The van der Waals surface area contributed by atoms with E-state index in [0.717, 1.165) is 34.8 Å². The van der Waals surface area contributed by atoms with E-state index >= 15 is 0 Å². The van der Waals surface area contributed by atoms with Gasteiger partial charge in [-0.05, 0) is 32.4 Å². The number of hydrogen-bond acceptors (Lipinski definition) is 3. The number of nitrogens with one attached hydrogen (secondary N) is 2. The van der Waals surface area contributed by atoms with Crippen LogP contribution in [-0.2, 0) is 11.3 Å². The van der Waals surface area contributed by atoms with Crippen molar-refractivity contribution in [2.45, 2.75) is 39.8 Å². The van der Waals surface area contributed by atoms with Crippen molar-refractivity contribution in [3.8, 4) is 0 Å². The number of imidazole rings is 2. The summed E-state index contributed by atoms with van der Waals surface area (Å²) in [6, 6.07) is 7.74. The minimum Gasteiger partial charge on any atom is -0.345 e. The standard InChI is InChI=1S/C17H21N5O/c1-4-13(17-18-9-11(2)19-17)21-16(23)10-22-12(3)20-14-7-5-6-8-15(14)22/h5-9,13H,4,10H2,1-3H3,(H,18,19)(H,21,23)/t13-/m1/s1. The number of carbonyl (C=O) groups is 1. The lowest BCUT2D eigenvalue weighted by molar-refractivity contribution is -0.122. The van der Waals surface area contributed by atoms with E-state index in [-0.39, 0.29) is 18.5 Å². The van der Waals surface area contributed by atoms with Crippen LogP contribution >= 0.6 is 0 Å². The van der Waals surface area contributed by atoms with Gasteiger partial charge in [0.25, 0.3) is 0 Å². The maximum atomic E-state index is 12.5. The number of para-hydroxylation sites is 2. The molecule has 120 valence electrons. The molecule has 0 bridgehead atoms. The van der Waals surface area contributed by atoms with Crippen molar-refractivity contribution < 1.29 is 4.79 Å². The van der Waals surface area contributed by atoms with Crippen LogP contribution in [0.15, 0.2) is 30.5 Å². The third-order valence-corrected chi connectivity index (χ3v) is 3.94. The first-order chi connectivity index (χ1) is 11.1. The number of aromatic nitrogens is 4. The summed E-state index contributed by atoms with van der Waals surface area (Å²) in [6.45, 7) is 6.15. The van der Waals surface area contributed by atoms with Crippen molar-refractivity contribution in [3.63, 3.8) is 0 Å². The number of hydrogen-bond donors (Lipinski definition) is 2. The van der Waals surface area contributed by atoms with E-state index in [2.05, 4.69) is 20.3 Å². The maximum absolute atomic E-state index is 12.5. The van der Waals surface area contributed by atoms with E-state index < -0.39 is 0 Å². The SMILES string of the molecule is CC[C@@H](NC(=O)Cn1c(C)nc2ccccc21)c1ncc(C)[nH]1. The first-order valence-electron chi connectivity index (χ1n) is 7.81. The predicted molar refractivity (Wildman–Crippen MR) is 89.0 cm³/mol. The molecular weight excluding hydrogens is 290 g/mol. The Kier molecular flexibility index (Phi) is 4.14. The Hall–Kier alpha value is -2.63. The lowest BCUT2D eigenvalue weighted by atomic mass is 10.2. The van der Waals surface area contributed by atoms with Crippen molar-refractivity contribution in [1.82, 2.24) is 24.8 Å². The van der Waals surface area contributed by atoms with E-state index in [1.54, 1.807) is 6.20 Å². The van der Waals surface area contributed by atoms with Crippen LogP contribution in [0.3, 0.4) is 0 Å². The van der Waals surface area contributed by atoms with Crippen molar-refractivity contribution in [3.05, 3.63) is 47.8 Å². The maximum Gasteiger partial charge on any atom is 0.240 e. The first kappa shape index (κ1) is 15.3. The predicted octanol–water partition coefficient (Wildman–Crippen LogP) is 2.64. The lowest BCUT2D eigenvalue weighted by Crippen LogP contribution is -2.32. The van der Waals surface area contributed by atoms with Crippen molar-refractivity contribution in [2.75, 3.05) is 0 Å². The molecule has 0 aliphatic rings. The van der Waals surface area contributed by atoms with Crippen LogP contribution in [0, 0.1) is 13.8 Å². The third kappa shape index (κ3) is 3.11. The van der Waals surface area contributed by atoms with Gasteiger partial charge >= 0.3 is 0 Å². The number of fused-ring (bicyclic) bond motifs is 1. The van der Waals surface area contributed by atoms with Gasteiger partial charge in [-0.2, -0.15) is 0 Å². The number of benzene rings is 1. The second kappa shape index (κ2) is 6.24. The van der Waals surface area contributed by atoms with Crippen molar-refractivity contribution in [1.29, 1.82) is 0 Å². The molecule has 0 aliphatic carbocycles. The molecule has 2 aromatic heterocycles. The highest BCUT2D eigenvalue weighted by Gasteiger charge is 2.17. The molecule has 2 N–H and O–H groups in total. The molecular formula is C17H21N5O. The average molecular weight is 311 g/mol. The summed E-state index contributed by atoms with van der Waals surface area (Å²) in [5.74, 6) is 1.59. The number of nitrogens with zero attached hydrogens (tertiary/aromatic N) is 3. The van der Waals surface area contributed by atoms with Gasteiger partial charge in [0, 0.05) is 11.9 Å². The van der Waals surface area contributed by atoms with E-state index in [4.69, 9.17) is 0 Å². The molecule has 0 radical (unpaired) electrons. The van der Waals surface area contributed by atoms with E-state index in [1.807, 2.05) is 49.6 Å². The summed E-state index contributed by atoms with van der Waals surface area (Å²) in [4.78, 5) is 24.4. The highest BCUT2D eigenvalue weighted by Crippen LogP contribution is 2.16. The molecule has 0 spiro atoms. The van der Waals surface area contributed by atoms with Gasteiger partial charge in [0.15, 0.2) is 0 Å². The Morgan fingerprint density at radius 2 is 2.13 bits per heavy atom. The molecule has 3 aromatic rings. The molecule has 6 nitrogen and oxygen atoms in total. The second-order valence-electron chi connectivity index (χ2n) is 5.71. The van der Waals surface area contributed by atoms with Gasteiger partial charge in [-0.25, -0.2) is 9.97 Å². The monoisotopic (exact) mass is 311 g/mol. The van der Waals surface area contributed by atoms with Crippen molar-refractivity contribution in [2.24, 2.45) is 0 Å². The van der Waals surface area contributed by atoms with E-state index in [9.17, 15) is 4.79 Å². The van der Waals surface area contributed by atoms with Crippen LogP contribution in [0.5, 0.6) is 0 Å². The van der Waals surface area contributed by atoms with Crippen LogP contribution < -0.4 is 5.32 Å². The second-order valence-corrected chi connectivity index (χ2v) is 5.71. The quantitative estimate of drug-likeness (QED) is 0.760. The Morgan fingerprint density at radius 1 is 1.35 bits per heavy atom. The summed E-state index contributed by atoms with van der Waals surface area (Å²) >= 11 is 0. The van der Waals surface area contributed by atoms with Crippen LogP contribution in [0.1, 0.15) is 36.7 Å². The first-order valence-corrected chi connectivity index (χ1v) is 7.81. The largest absolute Gasteiger partial charge is 0.345 e. The Bertz CT molecular complexity index is 832. The molecule has 0 saturated heterocycles. The summed E-state index contributed by atoms with van der Waals surface area (Å²) in [6.07, 6.45) is 2.56. The molecule has 1 amide bonds. The fourth-order valence-corrected chi connectivity index (χ4v) is 2.75. The summed E-state index contributed by atoms with van der Waals surface area (Å²) in [7, 11) is 0.